The number of carbonyl (C=O) groups excluding carboxylic acids is 1. The van der Waals surface area contributed by atoms with E-state index in [4.69, 9.17) is 23.2 Å². The average Bonchev–Trinajstić information content (AvgIpc) is 2.91. The molecule has 1 saturated heterocycles. The maximum absolute atomic E-state index is 12.4. The van der Waals surface area contributed by atoms with Crippen molar-refractivity contribution in [1.82, 2.24) is 4.90 Å². The highest BCUT2D eigenvalue weighted by Gasteiger charge is 2.43. The van der Waals surface area contributed by atoms with Gasteiger partial charge in [-0.1, -0.05) is 23.2 Å². The summed E-state index contributed by atoms with van der Waals surface area (Å²) in [5.41, 5.74) is 0.487. The predicted molar refractivity (Wildman–Crippen MR) is 74.6 cm³/mol. The highest BCUT2D eigenvalue weighted by molar-refractivity contribution is 6.36. The zero-order chi connectivity index (χ0) is 13.6. The third kappa shape index (κ3) is 2.35. The summed E-state index contributed by atoms with van der Waals surface area (Å²) in [6, 6.07) is 4.92. The van der Waals surface area contributed by atoms with Gasteiger partial charge in [-0.2, -0.15) is 0 Å². The van der Waals surface area contributed by atoms with Gasteiger partial charge in [0.15, 0.2) is 0 Å². The van der Waals surface area contributed by atoms with Gasteiger partial charge >= 0.3 is 0 Å². The van der Waals surface area contributed by atoms with E-state index in [1.807, 2.05) is 0 Å². The van der Waals surface area contributed by atoms with E-state index in [9.17, 15) is 9.90 Å². The maximum atomic E-state index is 12.4. The van der Waals surface area contributed by atoms with E-state index in [1.165, 1.54) is 0 Å². The summed E-state index contributed by atoms with van der Waals surface area (Å²) >= 11 is 11.9. The average molecular weight is 300 g/mol. The van der Waals surface area contributed by atoms with E-state index in [0.29, 0.717) is 28.1 Å². The maximum Gasteiger partial charge on any atom is 0.255 e. The number of nitrogens with zero attached hydrogens (tertiary/aromatic N) is 1. The van der Waals surface area contributed by atoms with Gasteiger partial charge in [-0.05, 0) is 37.0 Å². The molecule has 1 aromatic rings. The van der Waals surface area contributed by atoms with Crippen molar-refractivity contribution >= 4 is 29.1 Å². The lowest BCUT2D eigenvalue weighted by atomic mass is 10.00. The first-order chi connectivity index (χ1) is 9.06. The minimum atomic E-state index is -0.261. The molecule has 0 spiro atoms. The molecule has 1 heterocycles. The highest BCUT2D eigenvalue weighted by Crippen LogP contribution is 2.38. The SMILES string of the molecule is O=C(c1ccc(Cl)cc1Cl)N1CC2CCC(O)C2C1. The van der Waals surface area contributed by atoms with E-state index >= 15 is 0 Å². The fourth-order valence-electron chi connectivity index (χ4n) is 3.24. The summed E-state index contributed by atoms with van der Waals surface area (Å²) in [5, 5.41) is 10.8. The number of aliphatic hydroxyl groups excluding tert-OH is 1. The second-order valence-corrected chi connectivity index (χ2v) is 6.25. The largest absolute Gasteiger partial charge is 0.393 e. The van der Waals surface area contributed by atoms with Gasteiger partial charge in [-0.15, -0.1) is 0 Å². The molecular weight excluding hydrogens is 285 g/mol. The number of hydrogen-bond donors (Lipinski definition) is 1. The molecule has 1 aliphatic carbocycles. The number of likely N-dealkylation sites (tertiary alicyclic amines) is 1. The van der Waals surface area contributed by atoms with Crippen LogP contribution in [0, 0.1) is 11.8 Å². The molecule has 2 fully saturated rings. The summed E-state index contributed by atoms with van der Waals surface area (Å²) in [6.07, 6.45) is 1.60. The predicted octanol–water partition coefficient (Wildman–Crippen LogP) is 2.84. The fraction of sp³-hybridized carbons (Fsp3) is 0.500. The van der Waals surface area contributed by atoms with Crippen LogP contribution >= 0.6 is 23.2 Å². The zero-order valence-corrected chi connectivity index (χ0v) is 11.9. The number of aliphatic hydroxyl groups is 1. The van der Waals surface area contributed by atoms with E-state index in [1.54, 1.807) is 23.1 Å². The van der Waals surface area contributed by atoms with Crippen LogP contribution in [0.2, 0.25) is 10.0 Å². The lowest BCUT2D eigenvalue weighted by molar-refractivity contribution is 0.0752. The Morgan fingerprint density at radius 3 is 2.74 bits per heavy atom. The topological polar surface area (TPSA) is 40.5 Å². The lowest BCUT2D eigenvalue weighted by Crippen LogP contribution is -2.31. The molecule has 0 bridgehead atoms. The molecule has 3 rings (SSSR count). The Labute approximate surface area is 122 Å². The minimum Gasteiger partial charge on any atom is -0.393 e. The van der Waals surface area contributed by atoms with Crippen LogP contribution in [0.5, 0.6) is 0 Å². The van der Waals surface area contributed by atoms with Crippen molar-refractivity contribution in [1.29, 1.82) is 0 Å². The van der Waals surface area contributed by atoms with Gasteiger partial charge < -0.3 is 10.0 Å². The number of fused-ring (bicyclic) bond motifs is 1. The molecule has 1 amide bonds. The van der Waals surface area contributed by atoms with Crippen LogP contribution in [0.15, 0.2) is 18.2 Å². The van der Waals surface area contributed by atoms with Gasteiger partial charge in [0.1, 0.15) is 0 Å². The molecule has 1 aliphatic heterocycles. The van der Waals surface area contributed by atoms with E-state index < -0.39 is 0 Å². The van der Waals surface area contributed by atoms with E-state index in [-0.39, 0.29) is 17.9 Å². The Balaban J connectivity index is 1.78. The molecule has 1 aromatic carbocycles. The monoisotopic (exact) mass is 299 g/mol. The summed E-state index contributed by atoms with van der Waals surface area (Å²) in [6.45, 7) is 1.35. The van der Waals surface area contributed by atoms with E-state index in [0.717, 1.165) is 19.4 Å². The Morgan fingerprint density at radius 1 is 1.26 bits per heavy atom. The van der Waals surface area contributed by atoms with Crippen LogP contribution in [-0.4, -0.2) is 35.1 Å². The Kier molecular flexibility index (Phi) is 3.46. The van der Waals surface area contributed by atoms with Crippen molar-refractivity contribution in [3.8, 4) is 0 Å². The molecule has 3 atom stereocenters. The van der Waals surface area contributed by atoms with Crippen molar-refractivity contribution in [2.45, 2.75) is 18.9 Å². The Morgan fingerprint density at radius 2 is 2.05 bits per heavy atom. The number of carbonyl (C=O) groups is 1. The lowest BCUT2D eigenvalue weighted by Gasteiger charge is -2.19. The number of rotatable bonds is 1. The second kappa shape index (κ2) is 4.97. The first-order valence-corrected chi connectivity index (χ1v) is 7.24. The highest BCUT2D eigenvalue weighted by atomic mass is 35.5. The number of hydrogen-bond acceptors (Lipinski definition) is 2. The number of benzene rings is 1. The van der Waals surface area contributed by atoms with Crippen molar-refractivity contribution in [2.24, 2.45) is 11.8 Å². The molecule has 0 aromatic heterocycles. The molecule has 0 radical (unpaired) electrons. The fourth-order valence-corrected chi connectivity index (χ4v) is 3.73. The second-order valence-electron chi connectivity index (χ2n) is 5.40. The third-order valence-corrected chi connectivity index (χ3v) is 4.82. The van der Waals surface area contributed by atoms with Gasteiger partial charge in [0.2, 0.25) is 0 Å². The molecule has 102 valence electrons. The van der Waals surface area contributed by atoms with Crippen LogP contribution in [0.25, 0.3) is 0 Å². The first-order valence-electron chi connectivity index (χ1n) is 6.48. The molecule has 3 unspecified atom stereocenters. The standard InChI is InChI=1S/C14H15Cl2NO2/c15-9-2-3-10(12(16)5-9)14(19)17-6-8-1-4-13(18)11(8)7-17/h2-3,5,8,11,13,18H,1,4,6-7H2. The molecule has 3 nitrogen and oxygen atoms in total. The summed E-state index contributed by atoms with van der Waals surface area (Å²) in [4.78, 5) is 14.2. The minimum absolute atomic E-state index is 0.0664. The van der Waals surface area contributed by atoms with Crippen LogP contribution in [-0.2, 0) is 0 Å². The molecule has 19 heavy (non-hydrogen) atoms. The van der Waals surface area contributed by atoms with Crippen molar-refractivity contribution in [2.75, 3.05) is 13.1 Å². The van der Waals surface area contributed by atoms with Crippen LogP contribution < -0.4 is 0 Å². The number of halogens is 2. The first kappa shape index (κ1) is 13.2. The Bertz CT molecular complexity index is 520. The summed E-state index contributed by atoms with van der Waals surface area (Å²) < 4.78 is 0. The summed E-state index contributed by atoms with van der Waals surface area (Å²) in [5.74, 6) is 0.600. The van der Waals surface area contributed by atoms with Gasteiger partial charge in [-0.3, -0.25) is 4.79 Å². The smallest absolute Gasteiger partial charge is 0.255 e. The van der Waals surface area contributed by atoms with Crippen LogP contribution in [0.4, 0.5) is 0 Å². The van der Waals surface area contributed by atoms with Gasteiger partial charge in [0.25, 0.3) is 5.91 Å². The van der Waals surface area contributed by atoms with Crippen molar-refractivity contribution in [3.63, 3.8) is 0 Å². The van der Waals surface area contributed by atoms with Crippen LogP contribution in [0.1, 0.15) is 23.2 Å². The van der Waals surface area contributed by atoms with E-state index in [2.05, 4.69) is 0 Å². The molecule has 1 N–H and O–H groups in total. The van der Waals surface area contributed by atoms with Crippen LogP contribution in [0.3, 0.4) is 0 Å². The normalized spacial score (nSPS) is 29.6. The van der Waals surface area contributed by atoms with Crippen molar-refractivity contribution in [3.05, 3.63) is 33.8 Å². The third-order valence-electron chi connectivity index (χ3n) is 4.27. The summed E-state index contributed by atoms with van der Waals surface area (Å²) in [7, 11) is 0. The zero-order valence-electron chi connectivity index (χ0n) is 10.4. The molecule has 1 saturated carbocycles. The van der Waals surface area contributed by atoms with Gasteiger partial charge in [0.05, 0.1) is 16.7 Å². The molecule has 2 aliphatic rings. The Hall–Kier alpha value is -0.770. The number of amides is 1. The molecule has 5 heteroatoms. The molecular formula is C14H15Cl2NO2. The quantitative estimate of drug-likeness (QED) is 0.866. The van der Waals surface area contributed by atoms with Gasteiger partial charge in [-0.25, -0.2) is 0 Å². The van der Waals surface area contributed by atoms with Gasteiger partial charge in [0, 0.05) is 24.0 Å². The van der Waals surface area contributed by atoms with Crippen molar-refractivity contribution < 1.29 is 9.90 Å².